The molecular weight excluding hydrogens is 291 g/mol. The second kappa shape index (κ2) is 6.75. The zero-order valence-electron chi connectivity index (χ0n) is 12.3. The van der Waals surface area contributed by atoms with Gasteiger partial charge in [-0.2, -0.15) is 0 Å². The SMILES string of the molecule is CCC1CCC(CNS(=O)(=O)c2cccc(F)c2N)CC1. The average Bonchev–Trinajstić information content (AvgIpc) is 2.48. The molecule has 0 bridgehead atoms. The highest BCUT2D eigenvalue weighted by Crippen LogP contribution is 2.30. The van der Waals surface area contributed by atoms with Crippen molar-refractivity contribution in [3.05, 3.63) is 24.0 Å². The molecule has 3 N–H and O–H groups in total. The molecule has 0 heterocycles. The van der Waals surface area contributed by atoms with Crippen LogP contribution in [-0.2, 0) is 10.0 Å². The standard InChI is InChI=1S/C15H23FN2O2S/c1-2-11-6-8-12(9-7-11)10-18-21(19,20)14-5-3-4-13(16)15(14)17/h3-5,11-12,18H,2,6-10,17H2,1H3. The Kier molecular flexibility index (Phi) is 5.22. The molecule has 118 valence electrons. The minimum atomic E-state index is -3.75. The highest BCUT2D eigenvalue weighted by molar-refractivity contribution is 7.89. The predicted octanol–water partition coefficient (Wildman–Crippen LogP) is 2.90. The summed E-state index contributed by atoms with van der Waals surface area (Å²) in [5, 5.41) is 0. The van der Waals surface area contributed by atoms with Crippen molar-refractivity contribution in [2.24, 2.45) is 11.8 Å². The van der Waals surface area contributed by atoms with Gasteiger partial charge in [-0.25, -0.2) is 17.5 Å². The maximum Gasteiger partial charge on any atom is 0.242 e. The van der Waals surface area contributed by atoms with E-state index in [9.17, 15) is 12.8 Å². The predicted molar refractivity (Wildman–Crippen MR) is 81.7 cm³/mol. The van der Waals surface area contributed by atoms with Crippen molar-refractivity contribution in [2.75, 3.05) is 12.3 Å². The Balaban J connectivity index is 1.98. The van der Waals surface area contributed by atoms with Crippen molar-refractivity contribution in [3.8, 4) is 0 Å². The van der Waals surface area contributed by atoms with Crippen LogP contribution in [0.3, 0.4) is 0 Å². The van der Waals surface area contributed by atoms with E-state index in [-0.39, 0.29) is 10.6 Å². The molecule has 0 atom stereocenters. The molecule has 0 amide bonds. The molecule has 2 rings (SSSR count). The van der Waals surface area contributed by atoms with Crippen molar-refractivity contribution < 1.29 is 12.8 Å². The number of halogens is 1. The second-order valence-electron chi connectivity index (χ2n) is 5.80. The van der Waals surface area contributed by atoms with E-state index in [1.165, 1.54) is 18.6 Å². The summed E-state index contributed by atoms with van der Waals surface area (Å²) in [5.74, 6) is 0.426. The maximum atomic E-state index is 13.4. The Morgan fingerprint density at radius 1 is 1.24 bits per heavy atom. The maximum absolute atomic E-state index is 13.4. The van der Waals surface area contributed by atoms with E-state index in [4.69, 9.17) is 5.73 Å². The Morgan fingerprint density at radius 2 is 1.86 bits per heavy atom. The lowest BCUT2D eigenvalue weighted by Crippen LogP contribution is -2.31. The van der Waals surface area contributed by atoms with Gasteiger partial charge in [-0.15, -0.1) is 0 Å². The van der Waals surface area contributed by atoms with Crippen LogP contribution in [0.5, 0.6) is 0 Å². The molecule has 4 nitrogen and oxygen atoms in total. The number of benzene rings is 1. The molecule has 0 radical (unpaired) electrons. The smallest absolute Gasteiger partial charge is 0.242 e. The van der Waals surface area contributed by atoms with Gasteiger partial charge in [-0.1, -0.05) is 32.3 Å². The first-order valence-corrected chi connectivity index (χ1v) is 8.96. The number of rotatable bonds is 5. The normalized spacial score (nSPS) is 23.1. The van der Waals surface area contributed by atoms with Gasteiger partial charge in [0, 0.05) is 6.54 Å². The summed E-state index contributed by atoms with van der Waals surface area (Å²) in [6.07, 6.45) is 5.59. The fraction of sp³-hybridized carbons (Fsp3) is 0.600. The zero-order chi connectivity index (χ0) is 15.5. The first-order chi connectivity index (χ1) is 9.94. The van der Waals surface area contributed by atoms with E-state index < -0.39 is 15.8 Å². The van der Waals surface area contributed by atoms with Crippen LogP contribution in [0.1, 0.15) is 39.0 Å². The summed E-state index contributed by atoms with van der Waals surface area (Å²) < 4.78 is 40.4. The number of nitrogens with two attached hydrogens (primary N) is 1. The van der Waals surface area contributed by atoms with Crippen LogP contribution in [0.4, 0.5) is 10.1 Å². The average molecular weight is 314 g/mol. The monoisotopic (exact) mass is 314 g/mol. The van der Waals surface area contributed by atoms with Crippen LogP contribution in [-0.4, -0.2) is 15.0 Å². The van der Waals surface area contributed by atoms with Gasteiger partial charge in [0.2, 0.25) is 10.0 Å². The zero-order valence-corrected chi connectivity index (χ0v) is 13.1. The number of nitrogens with one attached hydrogen (secondary N) is 1. The van der Waals surface area contributed by atoms with Crippen molar-refractivity contribution in [3.63, 3.8) is 0 Å². The molecule has 1 aromatic carbocycles. The van der Waals surface area contributed by atoms with E-state index in [1.807, 2.05) is 0 Å². The number of hydrogen-bond acceptors (Lipinski definition) is 3. The minimum Gasteiger partial charge on any atom is -0.395 e. The van der Waals surface area contributed by atoms with Crippen LogP contribution in [0.15, 0.2) is 23.1 Å². The van der Waals surface area contributed by atoms with Gasteiger partial charge in [0.1, 0.15) is 10.7 Å². The number of nitrogen functional groups attached to an aromatic ring is 1. The molecule has 1 aliphatic carbocycles. The second-order valence-corrected chi connectivity index (χ2v) is 7.53. The van der Waals surface area contributed by atoms with Gasteiger partial charge in [-0.05, 0) is 36.8 Å². The minimum absolute atomic E-state index is 0.176. The van der Waals surface area contributed by atoms with E-state index in [0.29, 0.717) is 12.5 Å². The Labute approximate surface area is 126 Å². The number of sulfonamides is 1. The van der Waals surface area contributed by atoms with Crippen molar-refractivity contribution >= 4 is 15.7 Å². The van der Waals surface area contributed by atoms with Crippen LogP contribution >= 0.6 is 0 Å². The van der Waals surface area contributed by atoms with Gasteiger partial charge in [-0.3, -0.25) is 0 Å². The van der Waals surface area contributed by atoms with Crippen LogP contribution in [0, 0.1) is 17.7 Å². The van der Waals surface area contributed by atoms with Crippen molar-refractivity contribution in [2.45, 2.75) is 43.9 Å². The fourth-order valence-electron chi connectivity index (χ4n) is 2.90. The van der Waals surface area contributed by atoms with E-state index in [0.717, 1.165) is 37.7 Å². The van der Waals surface area contributed by atoms with Crippen molar-refractivity contribution in [1.29, 1.82) is 0 Å². The molecule has 1 saturated carbocycles. The van der Waals surface area contributed by atoms with Crippen LogP contribution < -0.4 is 10.5 Å². The molecule has 0 aromatic heterocycles. The summed E-state index contributed by atoms with van der Waals surface area (Å²) in [6.45, 7) is 2.59. The number of para-hydroxylation sites is 1. The number of anilines is 1. The summed E-state index contributed by atoms with van der Waals surface area (Å²) in [7, 11) is -3.75. The summed E-state index contributed by atoms with van der Waals surface area (Å²) in [5.41, 5.74) is 5.20. The molecule has 1 aromatic rings. The molecular formula is C15H23FN2O2S. The van der Waals surface area contributed by atoms with E-state index in [2.05, 4.69) is 11.6 Å². The lowest BCUT2D eigenvalue weighted by Gasteiger charge is -2.27. The first kappa shape index (κ1) is 16.2. The molecule has 0 unspecified atom stereocenters. The number of hydrogen-bond donors (Lipinski definition) is 2. The van der Waals surface area contributed by atoms with Crippen LogP contribution in [0.25, 0.3) is 0 Å². The summed E-state index contributed by atoms with van der Waals surface area (Å²) in [4.78, 5) is -0.176. The molecule has 0 spiro atoms. The summed E-state index contributed by atoms with van der Waals surface area (Å²) in [6, 6.07) is 3.84. The van der Waals surface area contributed by atoms with Crippen molar-refractivity contribution in [1.82, 2.24) is 4.72 Å². The molecule has 21 heavy (non-hydrogen) atoms. The third-order valence-electron chi connectivity index (χ3n) is 4.41. The lowest BCUT2D eigenvalue weighted by atomic mass is 9.81. The molecule has 1 aliphatic rings. The third kappa shape index (κ3) is 3.95. The Morgan fingerprint density at radius 3 is 2.48 bits per heavy atom. The first-order valence-electron chi connectivity index (χ1n) is 7.47. The Bertz CT molecular complexity index is 581. The van der Waals surface area contributed by atoms with Gasteiger partial charge in [0.25, 0.3) is 0 Å². The quantitative estimate of drug-likeness (QED) is 0.821. The largest absolute Gasteiger partial charge is 0.395 e. The molecule has 0 saturated heterocycles. The van der Waals surface area contributed by atoms with Gasteiger partial charge in [0.15, 0.2) is 0 Å². The fourth-order valence-corrected chi connectivity index (χ4v) is 4.16. The molecule has 0 aliphatic heterocycles. The van der Waals surface area contributed by atoms with Gasteiger partial charge in [0.05, 0.1) is 5.69 Å². The third-order valence-corrected chi connectivity index (χ3v) is 5.89. The van der Waals surface area contributed by atoms with Gasteiger partial charge >= 0.3 is 0 Å². The highest BCUT2D eigenvalue weighted by atomic mass is 32.2. The Hall–Kier alpha value is -1.14. The molecule has 6 heteroatoms. The summed E-state index contributed by atoms with van der Waals surface area (Å²) >= 11 is 0. The highest BCUT2D eigenvalue weighted by Gasteiger charge is 2.24. The molecule has 1 fully saturated rings. The van der Waals surface area contributed by atoms with E-state index >= 15 is 0 Å². The lowest BCUT2D eigenvalue weighted by molar-refractivity contribution is 0.270. The van der Waals surface area contributed by atoms with E-state index in [1.54, 1.807) is 0 Å². The topological polar surface area (TPSA) is 72.2 Å². The van der Waals surface area contributed by atoms with Gasteiger partial charge < -0.3 is 5.73 Å². The van der Waals surface area contributed by atoms with Crippen LogP contribution in [0.2, 0.25) is 0 Å².